The molecule has 2 unspecified atom stereocenters. The lowest BCUT2D eigenvalue weighted by molar-refractivity contribution is -0.137. The SMILES string of the molecule is CC1C(O)CCN1C(=O)c1ccc2c(c1)c1cn(C)nc1n2-c1ccc(C(F)(F)F)cc1. The number of hydrogen-bond donors (Lipinski definition) is 1. The highest BCUT2D eigenvalue weighted by Crippen LogP contribution is 2.34. The minimum absolute atomic E-state index is 0.157. The highest BCUT2D eigenvalue weighted by atomic mass is 19.4. The van der Waals surface area contributed by atoms with E-state index in [-0.39, 0.29) is 11.9 Å². The summed E-state index contributed by atoms with van der Waals surface area (Å²) >= 11 is 0. The van der Waals surface area contributed by atoms with Gasteiger partial charge in [-0.05, 0) is 55.8 Å². The van der Waals surface area contributed by atoms with Crippen molar-refractivity contribution in [2.75, 3.05) is 6.54 Å². The molecule has 0 aliphatic carbocycles. The maximum absolute atomic E-state index is 13.1. The van der Waals surface area contributed by atoms with E-state index in [0.717, 1.165) is 28.4 Å². The number of aliphatic hydroxyl groups is 1. The number of halogens is 3. The number of hydrogen-bond acceptors (Lipinski definition) is 3. The van der Waals surface area contributed by atoms with Crippen LogP contribution in [0.5, 0.6) is 0 Å². The summed E-state index contributed by atoms with van der Waals surface area (Å²) in [7, 11) is 1.77. The van der Waals surface area contributed by atoms with Gasteiger partial charge in [-0.25, -0.2) is 0 Å². The Morgan fingerprint density at radius 3 is 2.47 bits per heavy atom. The van der Waals surface area contributed by atoms with Crippen molar-refractivity contribution in [1.82, 2.24) is 19.2 Å². The molecule has 5 rings (SSSR count). The molecule has 1 N–H and O–H groups in total. The van der Waals surface area contributed by atoms with Crippen molar-refractivity contribution in [2.24, 2.45) is 7.05 Å². The molecule has 0 spiro atoms. The lowest BCUT2D eigenvalue weighted by Crippen LogP contribution is -2.37. The van der Waals surface area contributed by atoms with Crippen LogP contribution in [0.4, 0.5) is 13.2 Å². The number of likely N-dealkylation sites (tertiary alicyclic amines) is 1. The Hall–Kier alpha value is -3.33. The molecule has 3 heterocycles. The van der Waals surface area contributed by atoms with Crippen molar-refractivity contribution in [2.45, 2.75) is 31.7 Å². The number of amides is 1. The van der Waals surface area contributed by atoms with Crippen LogP contribution in [0, 0.1) is 0 Å². The average molecular weight is 442 g/mol. The quantitative estimate of drug-likeness (QED) is 0.508. The Morgan fingerprint density at radius 1 is 1.12 bits per heavy atom. The number of fused-ring (bicyclic) bond motifs is 3. The van der Waals surface area contributed by atoms with E-state index in [9.17, 15) is 23.1 Å². The van der Waals surface area contributed by atoms with Gasteiger partial charge in [0.1, 0.15) is 0 Å². The van der Waals surface area contributed by atoms with Crippen molar-refractivity contribution >= 4 is 27.8 Å². The number of aromatic nitrogens is 3. The summed E-state index contributed by atoms with van der Waals surface area (Å²) in [5, 5.41) is 16.1. The Balaban J connectivity index is 1.64. The Bertz CT molecular complexity index is 1340. The number of aliphatic hydroxyl groups excluding tert-OH is 1. The lowest BCUT2D eigenvalue weighted by Gasteiger charge is -2.22. The third-order valence-electron chi connectivity index (χ3n) is 6.22. The van der Waals surface area contributed by atoms with E-state index in [2.05, 4.69) is 5.10 Å². The third kappa shape index (κ3) is 3.15. The smallest absolute Gasteiger partial charge is 0.391 e. The summed E-state index contributed by atoms with van der Waals surface area (Å²) < 4.78 is 42.4. The monoisotopic (exact) mass is 442 g/mol. The lowest BCUT2D eigenvalue weighted by atomic mass is 10.1. The molecule has 0 bridgehead atoms. The number of nitrogens with zero attached hydrogens (tertiary/aromatic N) is 4. The molecular weight excluding hydrogens is 421 g/mol. The Kier molecular flexibility index (Phi) is 4.56. The van der Waals surface area contributed by atoms with E-state index in [1.165, 1.54) is 12.1 Å². The number of alkyl halides is 3. The summed E-state index contributed by atoms with van der Waals surface area (Å²) in [5.41, 5.74) is 1.66. The summed E-state index contributed by atoms with van der Waals surface area (Å²) in [6.45, 7) is 2.32. The van der Waals surface area contributed by atoms with E-state index in [4.69, 9.17) is 0 Å². The largest absolute Gasteiger partial charge is 0.416 e. The van der Waals surface area contributed by atoms with Crippen LogP contribution < -0.4 is 0 Å². The van der Waals surface area contributed by atoms with Crippen molar-refractivity contribution < 1.29 is 23.1 Å². The third-order valence-corrected chi connectivity index (χ3v) is 6.22. The predicted molar refractivity (Wildman–Crippen MR) is 114 cm³/mol. The Morgan fingerprint density at radius 2 is 1.84 bits per heavy atom. The summed E-state index contributed by atoms with van der Waals surface area (Å²) in [5.74, 6) is -0.157. The summed E-state index contributed by atoms with van der Waals surface area (Å²) in [6, 6.07) is 9.97. The van der Waals surface area contributed by atoms with Gasteiger partial charge >= 0.3 is 6.18 Å². The van der Waals surface area contributed by atoms with E-state index >= 15 is 0 Å². The van der Waals surface area contributed by atoms with Gasteiger partial charge in [0.15, 0.2) is 5.65 Å². The van der Waals surface area contributed by atoms with Gasteiger partial charge in [-0.15, -0.1) is 0 Å². The van der Waals surface area contributed by atoms with E-state index < -0.39 is 17.8 Å². The first-order chi connectivity index (χ1) is 15.1. The molecule has 0 radical (unpaired) electrons. The number of rotatable bonds is 2. The predicted octanol–water partition coefficient (Wildman–Crippen LogP) is 4.13. The molecule has 1 aliphatic heterocycles. The van der Waals surface area contributed by atoms with Crippen LogP contribution in [0.1, 0.15) is 29.3 Å². The highest BCUT2D eigenvalue weighted by Gasteiger charge is 2.33. The second-order valence-corrected chi connectivity index (χ2v) is 8.25. The van der Waals surface area contributed by atoms with Crippen LogP contribution in [0.25, 0.3) is 27.6 Å². The minimum atomic E-state index is -4.41. The molecule has 2 aromatic heterocycles. The van der Waals surface area contributed by atoms with Crippen LogP contribution >= 0.6 is 0 Å². The molecule has 1 aliphatic rings. The van der Waals surface area contributed by atoms with Gasteiger partial charge in [-0.2, -0.15) is 18.3 Å². The summed E-state index contributed by atoms with van der Waals surface area (Å²) in [4.78, 5) is 14.7. The number of aryl methyl sites for hydroxylation is 1. The van der Waals surface area contributed by atoms with Crippen LogP contribution in [-0.2, 0) is 13.2 Å². The first-order valence-electron chi connectivity index (χ1n) is 10.3. The van der Waals surface area contributed by atoms with E-state index in [0.29, 0.717) is 29.9 Å². The fraction of sp³-hybridized carbons (Fsp3) is 0.304. The first kappa shape index (κ1) is 20.6. The van der Waals surface area contributed by atoms with Crippen molar-refractivity contribution in [3.8, 4) is 5.69 Å². The zero-order valence-corrected chi connectivity index (χ0v) is 17.5. The summed E-state index contributed by atoms with van der Waals surface area (Å²) in [6.07, 6.45) is -2.57. The second kappa shape index (κ2) is 7.09. The number of benzene rings is 2. The van der Waals surface area contributed by atoms with Gasteiger partial charge in [-0.3, -0.25) is 14.0 Å². The van der Waals surface area contributed by atoms with Crippen molar-refractivity contribution in [3.63, 3.8) is 0 Å². The molecule has 6 nitrogen and oxygen atoms in total. The zero-order valence-electron chi connectivity index (χ0n) is 17.5. The minimum Gasteiger partial charge on any atom is -0.391 e. The standard InChI is InChI=1S/C23H21F3N4O2/c1-13-20(31)9-10-29(13)22(32)14-3-8-19-17(11-14)18-12-28(2)27-21(18)30(19)16-6-4-15(5-7-16)23(24,25)26/h3-8,11-13,20,31H,9-10H2,1-2H3. The van der Waals surface area contributed by atoms with Gasteiger partial charge in [0.2, 0.25) is 0 Å². The normalized spacial score (nSPS) is 19.4. The fourth-order valence-electron chi connectivity index (χ4n) is 4.46. The van der Waals surface area contributed by atoms with Crippen LogP contribution in [0.2, 0.25) is 0 Å². The van der Waals surface area contributed by atoms with Crippen molar-refractivity contribution in [1.29, 1.82) is 0 Å². The molecular formula is C23H21F3N4O2. The molecule has 166 valence electrons. The fourth-order valence-corrected chi connectivity index (χ4v) is 4.46. The van der Waals surface area contributed by atoms with Gasteiger partial charge in [0.25, 0.3) is 5.91 Å². The molecule has 1 saturated heterocycles. The topological polar surface area (TPSA) is 63.3 Å². The molecule has 2 atom stereocenters. The maximum atomic E-state index is 13.1. The van der Waals surface area contributed by atoms with Gasteiger partial charge in [0.05, 0.1) is 23.2 Å². The average Bonchev–Trinajstić information content (AvgIpc) is 3.38. The highest BCUT2D eigenvalue weighted by molar-refractivity contribution is 6.10. The molecule has 0 saturated carbocycles. The van der Waals surface area contributed by atoms with Gasteiger partial charge in [0, 0.05) is 41.8 Å². The molecule has 9 heteroatoms. The molecule has 1 amide bonds. The van der Waals surface area contributed by atoms with E-state index in [1.807, 2.05) is 13.1 Å². The Labute approximate surface area is 181 Å². The zero-order chi connectivity index (χ0) is 22.8. The van der Waals surface area contributed by atoms with Crippen molar-refractivity contribution in [3.05, 3.63) is 59.8 Å². The van der Waals surface area contributed by atoms with Crippen LogP contribution in [0.15, 0.2) is 48.7 Å². The number of carbonyl (C=O) groups is 1. The van der Waals surface area contributed by atoms with Crippen LogP contribution in [0.3, 0.4) is 0 Å². The molecule has 4 aromatic rings. The molecule has 32 heavy (non-hydrogen) atoms. The molecule has 1 fully saturated rings. The second-order valence-electron chi connectivity index (χ2n) is 8.25. The van der Waals surface area contributed by atoms with Crippen LogP contribution in [-0.4, -0.2) is 49.0 Å². The van der Waals surface area contributed by atoms with Gasteiger partial charge in [-0.1, -0.05) is 0 Å². The van der Waals surface area contributed by atoms with E-state index in [1.54, 1.807) is 39.4 Å². The van der Waals surface area contributed by atoms with Gasteiger partial charge < -0.3 is 10.0 Å². The number of carbonyl (C=O) groups excluding carboxylic acids is 1. The maximum Gasteiger partial charge on any atom is 0.416 e. The first-order valence-corrected chi connectivity index (χ1v) is 10.3. The molecule has 2 aromatic carbocycles.